The van der Waals surface area contributed by atoms with E-state index in [4.69, 9.17) is 5.73 Å². The molecule has 4 N–H and O–H groups in total. The van der Waals surface area contributed by atoms with Gasteiger partial charge in [-0.1, -0.05) is 0 Å². The van der Waals surface area contributed by atoms with E-state index in [9.17, 15) is 14.4 Å². The highest BCUT2D eigenvalue weighted by Crippen LogP contribution is 2.11. The molecule has 3 atom stereocenters. The Bertz CT molecular complexity index is 388. The average Bonchev–Trinajstić information content (AvgIpc) is 2.87. The van der Waals surface area contributed by atoms with Gasteiger partial charge in [-0.15, -0.1) is 0 Å². The summed E-state index contributed by atoms with van der Waals surface area (Å²) in [5, 5.41) is 5.65. The maximum atomic E-state index is 11.8. The second-order valence-electron chi connectivity index (χ2n) is 4.07. The highest BCUT2D eigenvalue weighted by atomic mass is 16.2. The Morgan fingerprint density at radius 1 is 1.53 bits per heavy atom. The van der Waals surface area contributed by atoms with Crippen molar-refractivity contribution in [1.29, 1.82) is 0 Å². The number of nitrogens with zero attached hydrogens (tertiary/aromatic N) is 1. The Hall–Kier alpha value is -1.73. The molecule has 92 valence electrons. The van der Waals surface area contributed by atoms with Crippen LogP contribution in [-0.4, -0.2) is 47.4 Å². The normalized spacial score (nSPS) is 28.5. The second-order valence-corrected chi connectivity index (χ2v) is 4.07. The standard InChI is InChI=1S/C10H14N4O3/c1-5-9(12-5)13-10(17)6(4-11)14-7(15)2-3-8(14)16/h2-3,5-6,9,12H,4,11H2,1H3,(H,13,17). The molecule has 3 unspecified atom stereocenters. The number of carbonyl (C=O) groups is 3. The first-order chi connectivity index (χ1) is 8.04. The molecule has 0 aromatic rings. The second kappa shape index (κ2) is 4.27. The molecule has 3 amide bonds. The van der Waals surface area contributed by atoms with Crippen LogP contribution in [0.2, 0.25) is 0 Å². The number of imide groups is 1. The molecule has 7 nitrogen and oxygen atoms in total. The van der Waals surface area contributed by atoms with E-state index >= 15 is 0 Å². The molecule has 0 radical (unpaired) electrons. The van der Waals surface area contributed by atoms with Crippen molar-refractivity contribution in [2.75, 3.05) is 6.54 Å². The first kappa shape index (κ1) is 11.7. The minimum atomic E-state index is -0.945. The quantitative estimate of drug-likeness (QED) is 0.375. The van der Waals surface area contributed by atoms with Crippen molar-refractivity contribution in [3.8, 4) is 0 Å². The lowest BCUT2D eigenvalue weighted by molar-refractivity contribution is -0.145. The Labute approximate surface area is 98.0 Å². The molecule has 2 aliphatic heterocycles. The van der Waals surface area contributed by atoms with Crippen molar-refractivity contribution in [2.45, 2.75) is 25.2 Å². The molecule has 7 heteroatoms. The summed E-state index contributed by atoms with van der Waals surface area (Å²) in [4.78, 5) is 35.6. The van der Waals surface area contributed by atoms with E-state index in [1.165, 1.54) is 0 Å². The lowest BCUT2D eigenvalue weighted by Gasteiger charge is -2.23. The van der Waals surface area contributed by atoms with Crippen LogP contribution in [0.5, 0.6) is 0 Å². The van der Waals surface area contributed by atoms with Crippen LogP contribution in [0.25, 0.3) is 0 Å². The lowest BCUT2D eigenvalue weighted by atomic mass is 10.2. The number of hydrogen-bond donors (Lipinski definition) is 3. The summed E-state index contributed by atoms with van der Waals surface area (Å²) in [5.74, 6) is -1.42. The molecule has 0 spiro atoms. The molecule has 1 saturated heterocycles. The minimum absolute atomic E-state index is 0.0912. The summed E-state index contributed by atoms with van der Waals surface area (Å²) in [6.07, 6.45) is 2.17. The van der Waals surface area contributed by atoms with Crippen molar-refractivity contribution >= 4 is 17.7 Å². The third kappa shape index (κ3) is 2.20. The molecule has 0 saturated carbocycles. The lowest BCUT2D eigenvalue weighted by Crippen LogP contribution is -2.54. The zero-order valence-corrected chi connectivity index (χ0v) is 9.34. The number of carbonyl (C=O) groups excluding carboxylic acids is 3. The number of nitrogens with two attached hydrogens (primary N) is 1. The predicted molar refractivity (Wildman–Crippen MR) is 58.4 cm³/mol. The molecule has 0 aliphatic carbocycles. The van der Waals surface area contributed by atoms with E-state index in [-0.39, 0.29) is 18.8 Å². The molecule has 0 aromatic heterocycles. The summed E-state index contributed by atoms with van der Waals surface area (Å²) in [5.41, 5.74) is 5.45. The monoisotopic (exact) mass is 238 g/mol. The van der Waals surface area contributed by atoms with Gasteiger partial charge < -0.3 is 11.1 Å². The van der Waals surface area contributed by atoms with Crippen LogP contribution < -0.4 is 16.4 Å². The van der Waals surface area contributed by atoms with Crippen LogP contribution in [0.3, 0.4) is 0 Å². The van der Waals surface area contributed by atoms with Gasteiger partial charge in [0, 0.05) is 24.7 Å². The molecule has 2 aliphatic rings. The fourth-order valence-corrected chi connectivity index (χ4v) is 1.69. The van der Waals surface area contributed by atoms with Gasteiger partial charge in [0.15, 0.2) is 0 Å². The number of nitrogens with one attached hydrogen (secondary N) is 2. The highest BCUT2D eigenvalue weighted by Gasteiger charge is 2.39. The van der Waals surface area contributed by atoms with Gasteiger partial charge in [0.05, 0.1) is 6.17 Å². The van der Waals surface area contributed by atoms with E-state index in [1.54, 1.807) is 0 Å². The molecule has 1 fully saturated rings. The van der Waals surface area contributed by atoms with Crippen LogP contribution in [0.1, 0.15) is 6.92 Å². The predicted octanol–water partition coefficient (Wildman–Crippen LogP) is -2.33. The maximum Gasteiger partial charge on any atom is 0.254 e. The van der Waals surface area contributed by atoms with Crippen molar-refractivity contribution in [2.24, 2.45) is 5.73 Å². The number of rotatable bonds is 4. The van der Waals surface area contributed by atoms with E-state index in [2.05, 4.69) is 10.6 Å². The van der Waals surface area contributed by atoms with E-state index < -0.39 is 23.8 Å². The third-order valence-electron chi connectivity index (χ3n) is 2.81. The zero-order valence-electron chi connectivity index (χ0n) is 9.34. The Balaban J connectivity index is 2.03. The van der Waals surface area contributed by atoms with Crippen LogP contribution in [0, 0.1) is 0 Å². The molecule has 0 bridgehead atoms. The summed E-state index contributed by atoms with van der Waals surface area (Å²) in [7, 11) is 0. The van der Waals surface area contributed by atoms with E-state index in [1.807, 2.05) is 6.92 Å². The summed E-state index contributed by atoms with van der Waals surface area (Å²) >= 11 is 0. The van der Waals surface area contributed by atoms with Crippen LogP contribution in [0.15, 0.2) is 12.2 Å². The van der Waals surface area contributed by atoms with Gasteiger partial charge >= 0.3 is 0 Å². The Morgan fingerprint density at radius 2 is 2.06 bits per heavy atom. The van der Waals surface area contributed by atoms with Gasteiger partial charge in [0.1, 0.15) is 6.04 Å². The van der Waals surface area contributed by atoms with Gasteiger partial charge in [-0.25, -0.2) is 0 Å². The van der Waals surface area contributed by atoms with Gasteiger partial charge in [-0.2, -0.15) is 0 Å². The topological polar surface area (TPSA) is 114 Å². The zero-order chi connectivity index (χ0) is 12.6. The summed E-state index contributed by atoms with van der Waals surface area (Å²) < 4.78 is 0. The summed E-state index contributed by atoms with van der Waals surface area (Å²) in [6, 6.07) is -0.736. The SMILES string of the molecule is CC1NC1NC(=O)C(CN)N1C(=O)C=CC1=O. The van der Waals surface area contributed by atoms with Crippen LogP contribution in [-0.2, 0) is 14.4 Å². The fourth-order valence-electron chi connectivity index (χ4n) is 1.69. The highest BCUT2D eigenvalue weighted by molar-refractivity contribution is 6.15. The minimum Gasteiger partial charge on any atom is -0.337 e. The third-order valence-corrected chi connectivity index (χ3v) is 2.81. The van der Waals surface area contributed by atoms with Gasteiger partial charge in [-0.05, 0) is 6.92 Å². The van der Waals surface area contributed by atoms with Crippen molar-refractivity contribution in [1.82, 2.24) is 15.5 Å². The molecule has 0 aromatic carbocycles. The van der Waals surface area contributed by atoms with Crippen molar-refractivity contribution in [3.63, 3.8) is 0 Å². The Kier molecular flexibility index (Phi) is 2.95. The average molecular weight is 238 g/mol. The fraction of sp³-hybridized carbons (Fsp3) is 0.500. The molecule has 2 rings (SSSR count). The smallest absolute Gasteiger partial charge is 0.254 e. The maximum absolute atomic E-state index is 11.8. The largest absolute Gasteiger partial charge is 0.337 e. The van der Waals surface area contributed by atoms with E-state index in [0.717, 1.165) is 17.1 Å². The van der Waals surface area contributed by atoms with Gasteiger partial charge in [-0.3, -0.25) is 24.6 Å². The Morgan fingerprint density at radius 3 is 2.47 bits per heavy atom. The van der Waals surface area contributed by atoms with E-state index in [0.29, 0.717) is 0 Å². The molecule has 17 heavy (non-hydrogen) atoms. The number of amides is 3. The van der Waals surface area contributed by atoms with Crippen molar-refractivity contribution < 1.29 is 14.4 Å². The number of hydrogen-bond acceptors (Lipinski definition) is 5. The van der Waals surface area contributed by atoms with Gasteiger partial charge in [0.25, 0.3) is 11.8 Å². The molecular weight excluding hydrogens is 224 g/mol. The van der Waals surface area contributed by atoms with Crippen LogP contribution >= 0.6 is 0 Å². The van der Waals surface area contributed by atoms with Crippen LogP contribution in [0.4, 0.5) is 0 Å². The van der Waals surface area contributed by atoms with Gasteiger partial charge in [0.2, 0.25) is 5.91 Å². The molecular formula is C10H14N4O3. The first-order valence-corrected chi connectivity index (χ1v) is 5.36. The van der Waals surface area contributed by atoms with Crippen molar-refractivity contribution in [3.05, 3.63) is 12.2 Å². The first-order valence-electron chi connectivity index (χ1n) is 5.36. The summed E-state index contributed by atoms with van der Waals surface area (Å²) in [6.45, 7) is 1.82. The molecule has 2 heterocycles.